The summed E-state index contributed by atoms with van der Waals surface area (Å²) in [6.45, 7) is 12.5. The maximum absolute atomic E-state index is 13.4. The third-order valence-corrected chi connectivity index (χ3v) is 9.30. The molecule has 0 radical (unpaired) electrons. The predicted molar refractivity (Wildman–Crippen MR) is 152 cm³/mol. The molecule has 0 unspecified atom stereocenters. The zero-order valence-corrected chi connectivity index (χ0v) is 25.3. The number of rotatable bonds is 9. The lowest BCUT2D eigenvalue weighted by atomic mass is 9.86. The Bertz CT molecular complexity index is 1330. The molecule has 0 aliphatic heterocycles. The van der Waals surface area contributed by atoms with Crippen LogP contribution in [0.3, 0.4) is 0 Å². The van der Waals surface area contributed by atoms with Crippen molar-refractivity contribution in [1.29, 1.82) is 0 Å². The number of sulfonamides is 1. The van der Waals surface area contributed by atoms with E-state index >= 15 is 0 Å². The summed E-state index contributed by atoms with van der Waals surface area (Å²) in [5, 5.41) is 7.58. The van der Waals surface area contributed by atoms with Gasteiger partial charge < -0.3 is 10.1 Å². The van der Waals surface area contributed by atoms with Gasteiger partial charge in [0.25, 0.3) is 12.4 Å². The smallest absolute Gasteiger partial charge is 0.293 e. The summed E-state index contributed by atoms with van der Waals surface area (Å²) in [4.78, 5) is 28.6. The van der Waals surface area contributed by atoms with Crippen LogP contribution in [0.2, 0.25) is 0 Å². The van der Waals surface area contributed by atoms with Crippen LogP contribution in [0.5, 0.6) is 0 Å². The fraction of sp³-hybridized carbons (Fsp3) is 0.655. The van der Waals surface area contributed by atoms with E-state index in [1.54, 1.807) is 12.1 Å². The Morgan fingerprint density at radius 2 is 1.77 bits per heavy atom. The highest BCUT2D eigenvalue weighted by atomic mass is 32.2. The van der Waals surface area contributed by atoms with E-state index in [-0.39, 0.29) is 28.8 Å². The fourth-order valence-corrected chi connectivity index (χ4v) is 7.28. The molecule has 1 aromatic heterocycles. The first-order chi connectivity index (χ1) is 18.7. The molecule has 220 valence electrons. The zero-order valence-electron chi connectivity index (χ0n) is 24.5. The number of hydrogen-bond donors (Lipinski definition) is 2. The summed E-state index contributed by atoms with van der Waals surface area (Å²) in [5.74, 6) is 0.692. The maximum atomic E-state index is 13.4. The van der Waals surface area contributed by atoms with Gasteiger partial charge in [0, 0.05) is 36.5 Å². The molecular weight excluding hydrogens is 530 g/mol. The summed E-state index contributed by atoms with van der Waals surface area (Å²) < 4.78 is 36.2. The van der Waals surface area contributed by atoms with Crippen LogP contribution in [-0.4, -0.2) is 53.2 Å². The molecule has 4 rings (SSSR count). The van der Waals surface area contributed by atoms with E-state index in [0.29, 0.717) is 48.7 Å². The third-order valence-electron chi connectivity index (χ3n) is 7.48. The summed E-state index contributed by atoms with van der Waals surface area (Å²) in [6, 6.07) is 5.15. The quantitative estimate of drug-likeness (QED) is 0.427. The van der Waals surface area contributed by atoms with Crippen LogP contribution in [-0.2, 0) is 31.5 Å². The summed E-state index contributed by atoms with van der Waals surface area (Å²) >= 11 is 0. The number of nitrogens with one attached hydrogen (secondary N) is 2. The fourth-order valence-electron chi connectivity index (χ4n) is 5.46. The van der Waals surface area contributed by atoms with E-state index in [2.05, 4.69) is 20.1 Å². The summed E-state index contributed by atoms with van der Waals surface area (Å²) in [6.07, 6.45) is 6.74. The monoisotopic (exact) mass is 573 g/mol. The van der Waals surface area contributed by atoms with Gasteiger partial charge in [0.2, 0.25) is 15.8 Å². The van der Waals surface area contributed by atoms with Crippen LogP contribution in [0, 0.1) is 5.92 Å². The van der Waals surface area contributed by atoms with Crippen LogP contribution in [0.1, 0.15) is 103 Å². The molecule has 1 amide bonds. The SMILES string of the molecule is CC(C)(C)NS(=O)(=O)c1ccc(-c2nc(C(=O)N[C@H]3C[C@H](OC=O)C3)nn2CC2CCCCC2)cc1C(C)(C)C. The van der Waals surface area contributed by atoms with Crippen molar-refractivity contribution in [2.45, 2.75) is 121 Å². The summed E-state index contributed by atoms with van der Waals surface area (Å²) in [7, 11) is -3.78. The highest BCUT2D eigenvalue weighted by molar-refractivity contribution is 7.89. The number of amides is 1. The minimum Gasteiger partial charge on any atom is -0.464 e. The minimum absolute atomic E-state index is 0.0778. The van der Waals surface area contributed by atoms with E-state index in [4.69, 9.17) is 4.74 Å². The minimum atomic E-state index is -3.78. The van der Waals surface area contributed by atoms with Gasteiger partial charge in [-0.2, -0.15) is 0 Å². The average molecular weight is 574 g/mol. The number of nitrogens with zero attached hydrogens (tertiary/aromatic N) is 3. The Balaban J connectivity index is 1.70. The second-order valence-electron chi connectivity index (χ2n) is 13.3. The van der Waals surface area contributed by atoms with Crippen molar-refractivity contribution in [3.63, 3.8) is 0 Å². The number of benzene rings is 1. The zero-order chi connectivity index (χ0) is 29.3. The first-order valence-corrected chi connectivity index (χ1v) is 15.7. The second-order valence-corrected chi connectivity index (χ2v) is 14.9. The molecule has 0 spiro atoms. The van der Waals surface area contributed by atoms with Gasteiger partial charge >= 0.3 is 0 Å². The lowest BCUT2D eigenvalue weighted by molar-refractivity contribution is -0.138. The van der Waals surface area contributed by atoms with Crippen LogP contribution >= 0.6 is 0 Å². The van der Waals surface area contributed by atoms with Crippen LogP contribution in [0.15, 0.2) is 23.1 Å². The molecule has 2 aliphatic carbocycles. The van der Waals surface area contributed by atoms with Gasteiger partial charge in [0.05, 0.1) is 4.90 Å². The van der Waals surface area contributed by atoms with Crippen LogP contribution < -0.4 is 10.0 Å². The van der Waals surface area contributed by atoms with E-state index in [1.807, 2.05) is 52.3 Å². The van der Waals surface area contributed by atoms with Crippen molar-refractivity contribution in [3.05, 3.63) is 29.6 Å². The van der Waals surface area contributed by atoms with E-state index in [0.717, 1.165) is 12.8 Å². The van der Waals surface area contributed by atoms with Gasteiger partial charge in [-0.1, -0.05) is 40.0 Å². The Morgan fingerprint density at radius 3 is 2.38 bits per heavy atom. The molecule has 0 saturated heterocycles. The van der Waals surface area contributed by atoms with Crippen molar-refractivity contribution in [3.8, 4) is 11.4 Å². The molecule has 2 N–H and O–H groups in total. The molecular formula is C29H43N5O5S. The molecule has 10 nitrogen and oxygen atoms in total. The van der Waals surface area contributed by atoms with Crippen molar-refractivity contribution in [2.75, 3.05) is 0 Å². The number of carbonyl (C=O) groups excluding carboxylic acids is 2. The molecule has 11 heteroatoms. The molecule has 2 fully saturated rings. The summed E-state index contributed by atoms with van der Waals surface area (Å²) in [5.41, 5.74) is 0.270. The molecule has 40 heavy (non-hydrogen) atoms. The first kappa shape index (κ1) is 30.2. The molecule has 0 bridgehead atoms. The van der Waals surface area contributed by atoms with E-state index < -0.39 is 21.0 Å². The number of carbonyl (C=O) groups is 2. The molecule has 2 saturated carbocycles. The van der Waals surface area contributed by atoms with Crippen LogP contribution in [0.25, 0.3) is 11.4 Å². The largest absolute Gasteiger partial charge is 0.464 e. The predicted octanol–water partition coefficient (Wildman–Crippen LogP) is 4.33. The number of hydrogen-bond acceptors (Lipinski definition) is 7. The van der Waals surface area contributed by atoms with Crippen molar-refractivity contribution < 1.29 is 22.7 Å². The number of aromatic nitrogens is 3. The Morgan fingerprint density at radius 1 is 1.10 bits per heavy atom. The molecule has 0 atom stereocenters. The number of ether oxygens (including phenoxy) is 1. The van der Waals surface area contributed by atoms with Crippen LogP contribution in [0.4, 0.5) is 0 Å². The first-order valence-electron chi connectivity index (χ1n) is 14.2. The van der Waals surface area contributed by atoms with Crippen molar-refractivity contribution >= 4 is 22.4 Å². The van der Waals surface area contributed by atoms with Gasteiger partial charge in [-0.05, 0) is 68.7 Å². The normalized spacial score (nSPS) is 20.6. The average Bonchev–Trinajstić information content (AvgIpc) is 3.25. The maximum Gasteiger partial charge on any atom is 0.293 e. The molecule has 1 heterocycles. The molecule has 1 aromatic carbocycles. The van der Waals surface area contributed by atoms with Gasteiger partial charge in [0.1, 0.15) is 6.10 Å². The lowest BCUT2D eigenvalue weighted by Crippen LogP contribution is -2.48. The highest BCUT2D eigenvalue weighted by Gasteiger charge is 2.34. The van der Waals surface area contributed by atoms with Gasteiger partial charge in [-0.15, -0.1) is 5.10 Å². The van der Waals surface area contributed by atoms with Gasteiger partial charge in [-0.25, -0.2) is 22.8 Å². The van der Waals surface area contributed by atoms with Crippen molar-refractivity contribution in [2.24, 2.45) is 5.92 Å². The molecule has 2 aromatic rings. The van der Waals surface area contributed by atoms with Crippen molar-refractivity contribution in [1.82, 2.24) is 24.8 Å². The second kappa shape index (κ2) is 11.6. The lowest BCUT2D eigenvalue weighted by Gasteiger charge is -2.33. The standard InChI is InChI=1S/C29H43N5O5S/c1-28(2,3)23-14-20(12-13-24(23)40(37,38)33-29(4,5)6)26-31-25(27(36)30-21-15-22(16-21)39-18-35)32-34(26)17-19-10-8-7-9-11-19/h12-14,18-19,21-22,33H,7-11,15-17H2,1-6H3,(H,30,36)/t21-,22-. The van der Waals surface area contributed by atoms with E-state index in [9.17, 15) is 18.0 Å². The van der Waals surface area contributed by atoms with Gasteiger partial charge in [0.15, 0.2) is 5.82 Å². The Hall–Kier alpha value is -2.79. The highest BCUT2D eigenvalue weighted by Crippen LogP contribution is 2.34. The van der Waals surface area contributed by atoms with Gasteiger partial charge in [-0.3, -0.25) is 9.59 Å². The topological polar surface area (TPSA) is 132 Å². The Labute approximate surface area is 237 Å². The van der Waals surface area contributed by atoms with E-state index in [1.165, 1.54) is 19.3 Å². The molecule has 2 aliphatic rings. The third kappa shape index (κ3) is 7.28. The Kier molecular flexibility index (Phi) is 8.75.